The molecule has 3 heteroatoms. The van der Waals surface area contributed by atoms with Gasteiger partial charge in [-0.25, -0.2) is 4.79 Å². The van der Waals surface area contributed by atoms with Gasteiger partial charge in [-0.15, -0.1) is 0 Å². The molecule has 0 bridgehead atoms. The Morgan fingerprint density at radius 3 is 2.44 bits per heavy atom. The lowest BCUT2D eigenvalue weighted by Crippen LogP contribution is -2.45. The van der Waals surface area contributed by atoms with Crippen LogP contribution in [0.2, 0.25) is 0 Å². The van der Waals surface area contributed by atoms with Crippen LogP contribution in [0.4, 0.5) is 0 Å². The highest BCUT2D eigenvalue weighted by molar-refractivity contribution is 5.81. The van der Waals surface area contributed by atoms with Crippen molar-refractivity contribution in [2.75, 3.05) is 19.7 Å². The third kappa shape index (κ3) is 5.31. The minimum absolute atomic E-state index is 0.163. The molecule has 0 unspecified atom stereocenters. The number of hydrogen-bond donors (Lipinski definition) is 0. The number of rotatable bonds is 8. The average Bonchev–Trinajstić information content (AvgIpc) is 2.27. The molecule has 0 saturated carbocycles. The van der Waals surface area contributed by atoms with Crippen LogP contribution in [0.15, 0.2) is 12.7 Å². The highest BCUT2D eigenvalue weighted by atomic mass is 16.5. The number of carbonyl (C=O) groups is 1. The summed E-state index contributed by atoms with van der Waals surface area (Å²) in [6.45, 7) is 14.4. The molecule has 0 fully saturated rings. The van der Waals surface area contributed by atoms with Gasteiger partial charge in [0.25, 0.3) is 0 Å². The number of nitrogens with zero attached hydrogens (tertiary/aromatic N) is 1. The highest BCUT2D eigenvalue weighted by Crippen LogP contribution is 2.18. The van der Waals surface area contributed by atoms with Crippen LogP contribution < -0.4 is 0 Å². The molecule has 0 aliphatic heterocycles. The molecule has 0 N–H and O–H groups in total. The van der Waals surface area contributed by atoms with Crippen molar-refractivity contribution >= 4 is 5.97 Å². The summed E-state index contributed by atoms with van der Waals surface area (Å²) in [7, 11) is 0. The van der Waals surface area contributed by atoms with E-state index in [4.69, 9.17) is 4.74 Å². The Morgan fingerprint density at radius 1 is 1.38 bits per heavy atom. The third-order valence-electron chi connectivity index (χ3n) is 2.99. The van der Waals surface area contributed by atoms with Crippen molar-refractivity contribution in [2.45, 2.75) is 46.1 Å². The second kappa shape index (κ2) is 7.44. The Balaban J connectivity index is 4.13. The predicted octanol–water partition coefficient (Wildman–Crippen LogP) is 2.62. The maximum atomic E-state index is 10.9. The van der Waals surface area contributed by atoms with Gasteiger partial charge >= 0.3 is 5.97 Å². The summed E-state index contributed by atoms with van der Waals surface area (Å²) in [5.74, 6) is -0.342. The molecule has 0 spiro atoms. The Morgan fingerprint density at radius 2 is 2.00 bits per heavy atom. The molecule has 0 aliphatic rings. The summed E-state index contributed by atoms with van der Waals surface area (Å²) in [6.07, 6.45) is 3.40. The van der Waals surface area contributed by atoms with E-state index in [-0.39, 0.29) is 11.5 Å². The van der Waals surface area contributed by atoms with Gasteiger partial charge in [-0.1, -0.05) is 20.4 Å². The van der Waals surface area contributed by atoms with Crippen LogP contribution in [0.3, 0.4) is 0 Å². The normalized spacial score (nSPS) is 11.6. The summed E-state index contributed by atoms with van der Waals surface area (Å²) >= 11 is 0. The van der Waals surface area contributed by atoms with Gasteiger partial charge in [0, 0.05) is 18.2 Å². The molecule has 0 heterocycles. The molecule has 16 heavy (non-hydrogen) atoms. The molecule has 0 aliphatic carbocycles. The minimum atomic E-state index is -0.342. The van der Waals surface area contributed by atoms with Gasteiger partial charge in [0.2, 0.25) is 0 Å². The summed E-state index contributed by atoms with van der Waals surface area (Å²) < 4.78 is 5.01. The zero-order chi connectivity index (χ0) is 12.6. The van der Waals surface area contributed by atoms with Crippen LogP contribution in [0.1, 0.15) is 40.5 Å². The predicted molar refractivity (Wildman–Crippen MR) is 67.4 cm³/mol. The fourth-order valence-electron chi connectivity index (χ4n) is 1.53. The summed E-state index contributed by atoms with van der Waals surface area (Å²) in [5.41, 5.74) is 0.163. The molecule has 0 rings (SSSR count). The van der Waals surface area contributed by atoms with Crippen LogP contribution in [0.25, 0.3) is 0 Å². The SMILES string of the molecule is C=CC(=O)OCCN(CCC)C(C)(C)CC. The molecule has 0 atom stereocenters. The second-order valence-electron chi connectivity index (χ2n) is 4.52. The van der Waals surface area contributed by atoms with E-state index in [1.54, 1.807) is 0 Å². The van der Waals surface area contributed by atoms with E-state index in [1.165, 1.54) is 6.08 Å². The van der Waals surface area contributed by atoms with Crippen LogP contribution in [0.5, 0.6) is 0 Å². The quantitative estimate of drug-likeness (QED) is 0.471. The van der Waals surface area contributed by atoms with Crippen molar-refractivity contribution in [1.29, 1.82) is 0 Å². The Hall–Kier alpha value is -0.830. The zero-order valence-corrected chi connectivity index (χ0v) is 11.1. The average molecular weight is 227 g/mol. The van der Waals surface area contributed by atoms with E-state index in [0.717, 1.165) is 25.9 Å². The molecule has 0 aromatic carbocycles. The van der Waals surface area contributed by atoms with Gasteiger partial charge in [0.15, 0.2) is 0 Å². The summed E-state index contributed by atoms with van der Waals surface area (Å²) in [6, 6.07) is 0. The lowest BCUT2D eigenvalue weighted by atomic mass is 9.99. The van der Waals surface area contributed by atoms with Gasteiger partial charge in [-0.2, -0.15) is 0 Å². The first-order valence-corrected chi connectivity index (χ1v) is 6.02. The van der Waals surface area contributed by atoms with E-state index in [9.17, 15) is 4.79 Å². The highest BCUT2D eigenvalue weighted by Gasteiger charge is 2.23. The van der Waals surface area contributed by atoms with Gasteiger partial charge in [-0.3, -0.25) is 4.90 Å². The van der Waals surface area contributed by atoms with E-state index in [1.807, 2.05) is 0 Å². The monoisotopic (exact) mass is 227 g/mol. The molecule has 0 aromatic rings. The molecule has 3 nitrogen and oxygen atoms in total. The van der Waals surface area contributed by atoms with Crippen molar-refractivity contribution in [3.8, 4) is 0 Å². The lowest BCUT2D eigenvalue weighted by Gasteiger charge is -2.37. The summed E-state index contributed by atoms with van der Waals surface area (Å²) in [5, 5.41) is 0. The molecule has 94 valence electrons. The molecular formula is C13H25NO2. The van der Waals surface area contributed by atoms with Crippen molar-refractivity contribution in [3.05, 3.63) is 12.7 Å². The van der Waals surface area contributed by atoms with Gasteiger partial charge in [-0.05, 0) is 33.2 Å². The smallest absolute Gasteiger partial charge is 0.330 e. The maximum absolute atomic E-state index is 10.9. The first kappa shape index (κ1) is 15.2. The first-order chi connectivity index (χ1) is 7.47. The third-order valence-corrected chi connectivity index (χ3v) is 2.99. The number of carbonyl (C=O) groups excluding carboxylic acids is 1. The molecule has 0 radical (unpaired) electrons. The lowest BCUT2D eigenvalue weighted by molar-refractivity contribution is -0.138. The number of hydrogen-bond acceptors (Lipinski definition) is 3. The number of ether oxygens (including phenoxy) is 1. The maximum Gasteiger partial charge on any atom is 0.330 e. The van der Waals surface area contributed by atoms with E-state index in [0.29, 0.717) is 6.61 Å². The zero-order valence-electron chi connectivity index (χ0n) is 11.1. The van der Waals surface area contributed by atoms with E-state index in [2.05, 4.69) is 39.2 Å². The van der Waals surface area contributed by atoms with Gasteiger partial charge in [0.05, 0.1) is 0 Å². The summed E-state index contributed by atoms with van der Waals surface area (Å²) in [4.78, 5) is 13.3. The number of esters is 1. The fourth-order valence-corrected chi connectivity index (χ4v) is 1.53. The van der Waals surface area contributed by atoms with Crippen LogP contribution in [0, 0.1) is 0 Å². The van der Waals surface area contributed by atoms with Crippen LogP contribution in [-0.2, 0) is 9.53 Å². The second-order valence-corrected chi connectivity index (χ2v) is 4.52. The Kier molecular flexibility index (Phi) is 7.06. The van der Waals surface area contributed by atoms with E-state index < -0.39 is 0 Å². The van der Waals surface area contributed by atoms with Gasteiger partial charge < -0.3 is 4.74 Å². The van der Waals surface area contributed by atoms with Crippen molar-refractivity contribution < 1.29 is 9.53 Å². The van der Waals surface area contributed by atoms with Crippen molar-refractivity contribution in [3.63, 3.8) is 0 Å². The minimum Gasteiger partial charge on any atom is -0.461 e. The van der Waals surface area contributed by atoms with Crippen LogP contribution >= 0.6 is 0 Å². The first-order valence-electron chi connectivity index (χ1n) is 6.02. The largest absolute Gasteiger partial charge is 0.461 e. The fraction of sp³-hybridized carbons (Fsp3) is 0.769. The molecule has 0 saturated heterocycles. The van der Waals surface area contributed by atoms with Crippen molar-refractivity contribution in [1.82, 2.24) is 4.90 Å². The van der Waals surface area contributed by atoms with Gasteiger partial charge in [0.1, 0.15) is 6.61 Å². The molecule has 0 amide bonds. The molecular weight excluding hydrogens is 202 g/mol. The Bertz CT molecular complexity index is 224. The Labute approximate surface area is 99.5 Å². The standard InChI is InChI=1S/C13H25NO2/c1-6-9-14(13(4,5)8-3)10-11-16-12(15)7-2/h7H,2,6,8-11H2,1,3-5H3. The topological polar surface area (TPSA) is 29.5 Å². The van der Waals surface area contributed by atoms with Crippen molar-refractivity contribution in [2.24, 2.45) is 0 Å². The van der Waals surface area contributed by atoms with Crippen LogP contribution in [-0.4, -0.2) is 36.1 Å². The van der Waals surface area contributed by atoms with E-state index >= 15 is 0 Å². The molecule has 0 aromatic heterocycles.